The van der Waals surface area contributed by atoms with Gasteiger partial charge >= 0.3 is 29.8 Å². The molecule has 0 fully saturated rings. The Morgan fingerprint density at radius 2 is 0.775 bits per heavy atom. The molecule has 0 atom stereocenters. The van der Waals surface area contributed by atoms with Crippen LogP contribution in [0.3, 0.4) is 0 Å². The highest BCUT2D eigenvalue weighted by atomic mass is 16.6. The second-order valence-electron chi connectivity index (χ2n) is 9.33. The molecule has 0 aliphatic rings. The lowest BCUT2D eigenvalue weighted by Crippen LogP contribution is -2.39. The quantitative estimate of drug-likeness (QED) is 0.166. The third-order valence-corrected chi connectivity index (χ3v) is 4.83. The summed E-state index contributed by atoms with van der Waals surface area (Å²) in [6, 6.07) is 0. The van der Waals surface area contributed by atoms with Gasteiger partial charge in [-0.1, -0.05) is 39.8 Å². The summed E-state index contributed by atoms with van der Waals surface area (Å²) >= 11 is 0. The van der Waals surface area contributed by atoms with Gasteiger partial charge in [0.05, 0.1) is 5.41 Å². The average Bonchev–Trinajstić information content (AvgIpc) is 2.89. The molecule has 0 unspecified atom stereocenters. The van der Waals surface area contributed by atoms with E-state index in [-0.39, 0.29) is 60.9 Å². The van der Waals surface area contributed by atoms with Crippen LogP contribution < -0.4 is 0 Å². The molecule has 40 heavy (non-hydrogen) atoms. The van der Waals surface area contributed by atoms with E-state index in [1.54, 1.807) is 0 Å². The molecule has 11 nitrogen and oxygen atoms in total. The number of hydrogen-bond donors (Lipinski definition) is 1. The average molecular weight is 567 g/mol. The molecule has 0 aromatic carbocycles. The molecule has 11 heteroatoms. The molecule has 1 N–H and O–H groups in total. The van der Waals surface area contributed by atoms with Crippen LogP contribution in [0.1, 0.15) is 48.0 Å². The second-order valence-corrected chi connectivity index (χ2v) is 9.33. The van der Waals surface area contributed by atoms with E-state index in [4.69, 9.17) is 14.2 Å². The third-order valence-electron chi connectivity index (χ3n) is 4.83. The van der Waals surface area contributed by atoms with Gasteiger partial charge in [0.15, 0.2) is 0 Å². The van der Waals surface area contributed by atoms with Crippen LogP contribution in [-0.4, -0.2) is 74.1 Å². The van der Waals surface area contributed by atoms with Crippen molar-refractivity contribution in [3.05, 3.63) is 60.8 Å². The molecule has 0 rings (SSSR count). The fourth-order valence-electron chi connectivity index (χ4n) is 2.09. The van der Waals surface area contributed by atoms with Gasteiger partial charge < -0.3 is 28.8 Å². The summed E-state index contributed by atoms with van der Waals surface area (Å²) in [7, 11) is 0. The number of ether oxygens (including phenoxy) is 5. The maximum absolute atomic E-state index is 11.6. The van der Waals surface area contributed by atoms with Crippen molar-refractivity contribution >= 4 is 29.8 Å². The molecule has 0 radical (unpaired) electrons. The highest BCUT2D eigenvalue weighted by Crippen LogP contribution is 2.25. The Morgan fingerprint density at radius 3 is 0.975 bits per heavy atom. The Balaban J connectivity index is 0. The minimum absolute atomic E-state index is 0.0812. The number of aliphatic hydroxyl groups is 1. The first-order valence-corrected chi connectivity index (χ1v) is 12.2. The zero-order valence-electron chi connectivity index (χ0n) is 24.4. The fraction of sp³-hybridized carbons (Fsp3) is 0.483. The Labute approximate surface area is 236 Å². The van der Waals surface area contributed by atoms with E-state index in [0.29, 0.717) is 6.42 Å². The van der Waals surface area contributed by atoms with Crippen molar-refractivity contribution in [2.24, 2.45) is 5.41 Å². The molecule has 0 aromatic heterocycles. The molecule has 0 spiro atoms. The van der Waals surface area contributed by atoms with Gasteiger partial charge in [0.25, 0.3) is 0 Å². The Kier molecular flexibility index (Phi) is 18.2. The largest absolute Gasteiger partial charge is 0.461 e. The first-order chi connectivity index (χ1) is 18.4. The van der Waals surface area contributed by atoms with Gasteiger partial charge in [0.2, 0.25) is 0 Å². The number of carbonyl (C=O) groups is 5. The molecule has 0 amide bonds. The Bertz CT molecular complexity index is 899. The van der Waals surface area contributed by atoms with Gasteiger partial charge in [-0.2, -0.15) is 0 Å². The van der Waals surface area contributed by atoms with E-state index in [0.717, 1.165) is 0 Å². The van der Waals surface area contributed by atoms with E-state index in [1.165, 1.54) is 34.6 Å². The topological polar surface area (TPSA) is 152 Å². The lowest BCUT2D eigenvalue weighted by molar-refractivity contribution is -0.157. The van der Waals surface area contributed by atoms with Gasteiger partial charge in [-0.3, -0.25) is 0 Å². The number of carbonyl (C=O) groups excluding carboxylic acids is 5. The molecule has 0 heterocycles. The van der Waals surface area contributed by atoms with Crippen LogP contribution in [-0.2, 0) is 47.7 Å². The number of esters is 5. The standard InChI is InChI=1S/C18H26O6.C11H16O5/c1-8-18(9-22-15(19)12(2)3,10-23-16(20)13(4)5)11-24-17(21)14(6)7;1-7(2)10(13)15-5-9(12)6-16-11(14)8(3)4/h2,4,6,8-11H2,1,3,5,7H3;9,12H,1,3,5-6H2,2,4H3. The van der Waals surface area contributed by atoms with Gasteiger partial charge in [-0.15, -0.1) is 0 Å². The van der Waals surface area contributed by atoms with Crippen molar-refractivity contribution in [3.8, 4) is 0 Å². The van der Waals surface area contributed by atoms with Crippen molar-refractivity contribution < 1.29 is 52.8 Å². The number of rotatable bonds is 16. The predicted octanol–water partition coefficient (Wildman–Crippen LogP) is 3.33. The molecule has 0 saturated heterocycles. The van der Waals surface area contributed by atoms with Crippen LogP contribution in [0.2, 0.25) is 0 Å². The molecule has 224 valence electrons. The first kappa shape index (κ1) is 38.2. The monoisotopic (exact) mass is 566 g/mol. The molecule has 0 aliphatic heterocycles. The lowest BCUT2D eigenvalue weighted by atomic mass is 9.88. The molecule has 0 bridgehead atoms. The summed E-state index contributed by atoms with van der Waals surface area (Å²) in [5.41, 5.74) is 0.368. The van der Waals surface area contributed by atoms with Crippen molar-refractivity contribution in [3.63, 3.8) is 0 Å². The van der Waals surface area contributed by atoms with Crippen LogP contribution in [0.15, 0.2) is 60.8 Å². The maximum atomic E-state index is 11.6. The minimum atomic E-state index is -1.05. The van der Waals surface area contributed by atoms with Crippen molar-refractivity contribution in [2.75, 3.05) is 33.0 Å². The summed E-state index contributed by atoms with van der Waals surface area (Å²) in [5.74, 6) is -2.88. The summed E-state index contributed by atoms with van der Waals surface area (Å²) in [6.07, 6.45) is -0.602. The second kappa shape index (κ2) is 19.1. The molecule has 0 aliphatic carbocycles. The fourth-order valence-corrected chi connectivity index (χ4v) is 2.09. The number of hydrogen-bond acceptors (Lipinski definition) is 11. The summed E-state index contributed by atoms with van der Waals surface area (Å²) in [6.45, 7) is 25.9. The van der Waals surface area contributed by atoms with Gasteiger partial charge in [0.1, 0.15) is 39.1 Å². The van der Waals surface area contributed by atoms with Crippen LogP contribution in [0, 0.1) is 5.41 Å². The van der Waals surface area contributed by atoms with Gasteiger partial charge in [-0.25, -0.2) is 24.0 Å². The van der Waals surface area contributed by atoms with E-state index >= 15 is 0 Å². The molecular weight excluding hydrogens is 524 g/mol. The van der Waals surface area contributed by atoms with Gasteiger partial charge in [-0.05, 0) is 41.0 Å². The maximum Gasteiger partial charge on any atom is 0.333 e. The minimum Gasteiger partial charge on any atom is -0.461 e. The van der Waals surface area contributed by atoms with E-state index in [1.807, 2.05) is 6.92 Å². The normalized spacial score (nSPS) is 10.2. The highest BCUT2D eigenvalue weighted by Gasteiger charge is 2.34. The van der Waals surface area contributed by atoms with E-state index in [9.17, 15) is 29.1 Å². The Hall–Kier alpha value is -3.99. The smallest absolute Gasteiger partial charge is 0.333 e. The molecule has 0 aromatic rings. The zero-order chi connectivity index (χ0) is 31.6. The summed E-state index contributed by atoms with van der Waals surface area (Å²) < 4.78 is 24.9. The lowest BCUT2D eigenvalue weighted by Gasteiger charge is -2.31. The third kappa shape index (κ3) is 16.8. The predicted molar refractivity (Wildman–Crippen MR) is 148 cm³/mol. The zero-order valence-corrected chi connectivity index (χ0v) is 24.4. The summed E-state index contributed by atoms with van der Waals surface area (Å²) in [4.78, 5) is 56.8. The van der Waals surface area contributed by atoms with E-state index in [2.05, 4.69) is 42.4 Å². The summed E-state index contributed by atoms with van der Waals surface area (Å²) in [5, 5.41) is 9.30. The first-order valence-electron chi connectivity index (χ1n) is 12.2. The molecule has 0 saturated carbocycles. The van der Waals surface area contributed by atoms with Crippen molar-refractivity contribution in [2.45, 2.75) is 54.1 Å². The van der Waals surface area contributed by atoms with Crippen molar-refractivity contribution in [1.29, 1.82) is 0 Å². The van der Waals surface area contributed by atoms with E-state index < -0.39 is 41.4 Å². The van der Waals surface area contributed by atoms with Crippen molar-refractivity contribution in [1.82, 2.24) is 0 Å². The number of aliphatic hydroxyl groups excluding tert-OH is 1. The SMILES string of the molecule is C=C(C)C(=O)OCC(CC)(COC(=O)C(=C)C)COC(=O)C(=C)C.C=C(C)C(=O)OCC(O)COC(=O)C(=C)C. The molecular formula is C29H42O11. The van der Waals surface area contributed by atoms with Gasteiger partial charge in [0, 0.05) is 27.9 Å². The highest BCUT2D eigenvalue weighted by molar-refractivity contribution is 5.88. The van der Waals surface area contributed by atoms with Crippen LogP contribution in [0.4, 0.5) is 0 Å². The van der Waals surface area contributed by atoms with Crippen LogP contribution in [0.25, 0.3) is 0 Å². The Morgan fingerprint density at radius 1 is 0.550 bits per heavy atom. The van der Waals surface area contributed by atoms with Crippen LogP contribution in [0.5, 0.6) is 0 Å². The van der Waals surface area contributed by atoms with Crippen LogP contribution >= 0.6 is 0 Å².